The van der Waals surface area contributed by atoms with Gasteiger partial charge in [-0.15, -0.1) is 0 Å². The van der Waals surface area contributed by atoms with Gasteiger partial charge in [0, 0.05) is 6.42 Å². The number of rotatable bonds is 13. The van der Waals surface area contributed by atoms with Crippen molar-refractivity contribution < 1.29 is 28.7 Å². The first kappa shape index (κ1) is 38.1. The van der Waals surface area contributed by atoms with Crippen LogP contribution in [0.2, 0.25) is 0 Å². The van der Waals surface area contributed by atoms with Crippen molar-refractivity contribution in [3.63, 3.8) is 0 Å². The number of carbonyl (C=O) groups is 4. The molecule has 0 aliphatic carbocycles. The molecule has 0 fully saturated rings. The van der Waals surface area contributed by atoms with Crippen molar-refractivity contribution in [3.05, 3.63) is 70.8 Å². The Hall–Kier alpha value is -4.04. The van der Waals surface area contributed by atoms with Crippen LogP contribution >= 0.6 is 11.8 Å². The molecule has 0 aromatic heterocycles. The first-order valence-corrected chi connectivity index (χ1v) is 16.6. The normalized spacial score (nSPS) is 13.4. The number of nitrogens with one attached hydrogen (secondary N) is 2. The molecule has 0 spiro atoms. The maximum atomic E-state index is 14.4. The Kier molecular flexibility index (Phi) is 14.1. The zero-order valence-electron chi connectivity index (χ0n) is 28.4. The molecule has 250 valence electrons. The minimum absolute atomic E-state index is 0.143. The Bertz CT molecular complexity index is 1370. The lowest BCUT2D eigenvalue weighted by atomic mass is 9.97. The van der Waals surface area contributed by atoms with Crippen LogP contribution in [0.5, 0.6) is 0 Å². The number of aryl methyl sites for hydroxylation is 2. The van der Waals surface area contributed by atoms with Gasteiger partial charge in [0.05, 0.1) is 6.07 Å². The fraction of sp³-hybridized carbons (Fsp3) is 0.514. The molecule has 0 aliphatic rings. The number of esters is 1. The van der Waals surface area contributed by atoms with E-state index in [1.54, 1.807) is 53.7 Å². The molecule has 2 rings (SSSR count). The number of nitrogens with zero attached hydrogens (tertiary/aromatic N) is 2. The van der Waals surface area contributed by atoms with E-state index in [4.69, 9.17) is 9.47 Å². The van der Waals surface area contributed by atoms with E-state index in [2.05, 4.69) is 10.6 Å². The summed E-state index contributed by atoms with van der Waals surface area (Å²) in [5.74, 6) is -1.41. The Balaban J connectivity index is 2.62. The second-order valence-electron chi connectivity index (χ2n) is 13.2. The minimum Gasteiger partial charge on any atom is -0.458 e. The van der Waals surface area contributed by atoms with Gasteiger partial charge in [-0.1, -0.05) is 59.7 Å². The van der Waals surface area contributed by atoms with E-state index in [0.29, 0.717) is 11.3 Å². The molecular formula is C35H48N4O6S. The lowest BCUT2D eigenvalue weighted by Crippen LogP contribution is -2.55. The maximum absolute atomic E-state index is 14.4. The summed E-state index contributed by atoms with van der Waals surface area (Å²) in [6, 6.07) is 13.2. The van der Waals surface area contributed by atoms with Crippen molar-refractivity contribution in [1.82, 2.24) is 15.5 Å². The van der Waals surface area contributed by atoms with E-state index in [0.717, 1.165) is 21.6 Å². The third kappa shape index (κ3) is 12.8. The molecule has 0 saturated carbocycles. The van der Waals surface area contributed by atoms with E-state index in [1.165, 1.54) is 11.8 Å². The number of thioether (sulfide) groups is 1. The molecular weight excluding hydrogens is 604 g/mol. The summed E-state index contributed by atoms with van der Waals surface area (Å²) in [5, 5.41) is 15.4. The molecule has 0 saturated heterocycles. The summed E-state index contributed by atoms with van der Waals surface area (Å²) in [6.45, 7) is 13.6. The summed E-state index contributed by atoms with van der Waals surface area (Å²) < 4.78 is 11.1. The van der Waals surface area contributed by atoms with Crippen LogP contribution in [0.25, 0.3) is 0 Å². The second kappa shape index (κ2) is 17.0. The minimum atomic E-state index is -1.30. The number of hydrogen-bond donors (Lipinski definition) is 2. The fourth-order valence-corrected chi connectivity index (χ4v) is 5.29. The van der Waals surface area contributed by atoms with Crippen molar-refractivity contribution in [2.45, 2.75) is 97.6 Å². The molecule has 3 amide bonds. The number of hydrogen-bond acceptors (Lipinski definition) is 8. The highest BCUT2D eigenvalue weighted by molar-refractivity contribution is 7.98. The highest BCUT2D eigenvalue weighted by Crippen LogP contribution is 2.26. The van der Waals surface area contributed by atoms with Crippen LogP contribution in [0.15, 0.2) is 48.5 Å². The lowest BCUT2D eigenvalue weighted by molar-refractivity contribution is -0.159. The quantitative estimate of drug-likeness (QED) is 0.216. The van der Waals surface area contributed by atoms with E-state index in [1.807, 2.05) is 62.6 Å². The number of benzene rings is 2. The van der Waals surface area contributed by atoms with Gasteiger partial charge in [-0.3, -0.25) is 9.59 Å². The van der Waals surface area contributed by atoms with Crippen LogP contribution in [0, 0.1) is 25.2 Å². The third-order valence-corrected chi connectivity index (χ3v) is 7.18. The van der Waals surface area contributed by atoms with Crippen molar-refractivity contribution in [3.8, 4) is 6.07 Å². The van der Waals surface area contributed by atoms with E-state index < -0.39 is 59.7 Å². The van der Waals surface area contributed by atoms with Gasteiger partial charge < -0.3 is 25.0 Å². The molecule has 11 heteroatoms. The van der Waals surface area contributed by atoms with Gasteiger partial charge >= 0.3 is 12.1 Å². The van der Waals surface area contributed by atoms with Crippen molar-refractivity contribution >= 4 is 35.6 Å². The second-order valence-corrected chi connectivity index (χ2v) is 14.2. The molecule has 2 aromatic carbocycles. The molecule has 0 radical (unpaired) electrons. The van der Waals surface area contributed by atoms with Crippen LogP contribution in [-0.2, 0) is 30.3 Å². The van der Waals surface area contributed by atoms with Crippen LogP contribution in [0.3, 0.4) is 0 Å². The monoisotopic (exact) mass is 652 g/mol. The molecule has 0 aliphatic heterocycles. The van der Waals surface area contributed by atoms with E-state index in [-0.39, 0.29) is 12.8 Å². The predicted octanol–water partition coefficient (Wildman–Crippen LogP) is 5.41. The number of amides is 3. The van der Waals surface area contributed by atoms with Crippen molar-refractivity contribution in [2.75, 3.05) is 18.6 Å². The highest BCUT2D eigenvalue weighted by atomic mass is 32.2. The van der Waals surface area contributed by atoms with Gasteiger partial charge in [0.15, 0.2) is 0 Å². The molecule has 3 atom stereocenters. The van der Waals surface area contributed by atoms with Gasteiger partial charge in [0.1, 0.15) is 35.9 Å². The third-order valence-electron chi connectivity index (χ3n) is 6.53. The molecule has 2 N–H and O–H groups in total. The standard InChI is InChI=1S/C35H48N4O6S/c1-23-19-24(2)21-26(20-23)29(30(40)37-28(32(42)44-34(3,4)5)22-25-13-11-10-12-14-25)39(17-16-36)31(41)27(15-18-46-9)38-33(43)45-35(6,7)8/h10-14,19-21,27-29H,15,17-18,22H2,1-9H3,(H,37,40)(H,38,43). The average molecular weight is 653 g/mol. The molecule has 2 aromatic rings. The molecule has 0 bridgehead atoms. The van der Waals surface area contributed by atoms with Gasteiger partial charge in [-0.25, -0.2) is 9.59 Å². The number of nitriles is 1. The average Bonchev–Trinajstić information content (AvgIpc) is 2.92. The SMILES string of the molecule is CSCCC(NC(=O)OC(C)(C)C)C(=O)N(CC#N)C(C(=O)NC(Cc1ccccc1)C(=O)OC(C)(C)C)c1cc(C)cc(C)c1. The Morgan fingerprint density at radius 1 is 0.891 bits per heavy atom. The number of carbonyl (C=O) groups excluding carboxylic acids is 4. The first-order chi connectivity index (χ1) is 21.4. The van der Waals surface area contributed by atoms with Crippen LogP contribution < -0.4 is 10.6 Å². The Morgan fingerprint density at radius 2 is 1.48 bits per heavy atom. The van der Waals surface area contributed by atoms with Gasteiger partial charge in [-0.05, 0) is 84.9 Å². The van der Waals surface area contributed by atoms with Gasteiger partial charge in [-0.2, -0.15) is 17.0 Å². The summed E-state index contributed by atoms with van der Waals surface area (Å²) >= 11 is 1.49. The summed E-state index contributed by atoms with van der Waals surface area (Å²) in [4.78, 5) is 56.0. The van der Waals surface area contributed by atoms with Gasteiger partial charge in [0.25, 0.3) is 0 Å². The van der Waals surface area contributed by atoms with Crippen LogP contribution in [0.1, 0.15) is 76.3 Å². The predicted molar refractivity (Wildman–Crippen MR) is 180 cm³/mol. The number of alkyl carbamates (subject to hydrolysis) is 1. The summed E-state index contributed by atoms with van der Waals surface area (Å²) in [6.07, 6.45) is 1.46. The van der Waals surface area contributed by atoms with Crippen molar-refractivity contribution in [2.24, 2.45) is 0 Å². The number of ether oxygens (including phenoxy) is 2. The molecule has 3 unspecified atom stereocenters. The lowest BCUT2D eigenvalue weighted by Gasteiger charge is -2.34. The fourth-order valence-electron chi connectivity index (χ4n) is 4.82. The van der Waals surface area contributed by atoms with E-state index >= 15 is 0 Å². The summed E-state index contributed by atoms with van der Waals surface area (Å²) in [5.41, 5.74) is 1.32. The summed E-state index contributed by atoms with van der Waals surface area (Å²) in [7, 11) is 0. The topological polar surface area (TPSA) is 138 Å². The Morgan fingerprint density at radius 3 is 2.00 bits per heavy atom. The highest BCUT2D eigenvalue weighted by Gasteiger charge is 2.38. The zero-order valence-corrected chi connectivity index (χ0v) is 29.2. The smallest absolute Gasteiger partial charge is 0.408 e. The van der Waals surface area contributed by atoms with Crippen LogP contribution in [0.4, 0.5) is 4.79 Å². The molecule has 46 heavy (non-hydrogen) atoms. The zero-order chi connectivity index (χ0) is 34.7. The molecule has 0 heterocycles. The maximum Gasteiger partial charge on any atom is 0.408 e. The Labute approximate surface area is 277 Å². The van der Waals surface area contributed by atoms with Gasteiger partial charge in [0.2, 0.25) is 11.8 Å². The first-order valence-electron chi connectivity index (χ1n) is 15.2. The van der Waals surface area contributed by atoms with E-state index in [9.17, 15) is 24.4 Å². The molecule has 10 nitrogen and oxygen atoms in total. The van der Waals surface area contributed by atoms with Crippen molar-refractivity contribution in [1.29, 1.82) is 5.26 Å². The van der Waals surface area contributed by atoms with Crippen LogP contribution in [-0.4, -0.2) is 70.6 Å². The largest absolute Gasteiger partial charge is 0.458 e.